The lowest BCUT2D eigenvalue weighted by molar-refractivity contribution is -0.191. The maximum atomic E-state index is 12.8. The van der Waals surface area contributed by atoms with Crippen LogP contribution in [0.4, 0.5) is 26.3 Å². The zero-order valence-electron chi connectivity index (χ0n) is 12.1. The quantitative estimate of drug-likeness (QED) is 0.787. The molecule has 0 aromatic heterocycles. The van der Waals surface area contributed by atoms with Crippen molar-refractivity contribution in [2.75, 3.05) is 13.1 Å². The van der Waals surface area contributed by atoms with E-state index in [1.54, 1.807) is 20.8 Å². The summed E-state index contributed by atoms with van der Waals surface area (Å²) in [6.07, 6.45) is -10.8. The number of alkyl halides is 6. The van der Waals surface area contributed by atoms with Crippen LogP contribution in [-0.2, 0) is 9.59 Å². The van der Waals surface area contributed by atoms with Crippen LogP contribution >= 0.6 is 0 Å². The van der Waals surface area contributed by atoms with E-state index in [1.165, 1.54) is 0 Å². The highest BCUT2D eigenvalue weighted by Crippen LogP contribution is 2.36. The van der Waals surface area contributed by atoms with E-state index in [2.05, 4.69) is 0 Å². The predicted octanol–water partition coefficient (Wildman–Crippen LogP) is 2.10. The molecule has 2 amide bonds. The number of rotatable bonds is 2. The van der Waals surface area contributed by atoms with E-state index in [0.29, 0.717) is 0 Å². The molecule has 10 heteroatoms. The first kappa shape index (κ1) is 18.6. The first-order valence-corrected chi connectivity index (χ1v) is 6.39. The Morgan fingerprint density at radius 1 is 1.18 bits per heavy atom. The molecule has 1 aliphatic rings. The Labute approximate surface area is 122 Å². The second-order valence-electron chi connectivity index (χ2n) is 6.05. The second kappa shape index (κ2) is 5.62. The third-order valence-corrected chi connectivity index (χ3v) is 3.85. The van der Waals surface area contributed by atoms with Crippen molar-refractivity contribution in [1.82, 2.24) is 10.2 Å². The lowest BCUT2D eigenvalue weighted by atomic mass is 9.84. The number of carbonyl (C=O) groups excluding carboxylic acids is 2. The summed E-state index contributed by atoms with van der Waals surface area (Å²) in [6, 6.07) is -3.21. The van der Waals surface area contributed by atoms with Gasteiger partial charge in [-0.2, -0.15) is 26.3 Å². The van der Waals surface area contributed by atoms with E-state index in [0.717, 1.165) is 10.2 Å². The summed E-state index contributed by atoms with van der Waals surface area (Å²) in [5.41, 5.74) is -0.458. The molecule has 0 aromatic rings. The number of carbonyl (C=O) groups is 2. The molecule has 128 valence electrons. The second-order valence-corrected chi connectivity index (χ2v) is 6.05. The number of halogens is 6. The van der Waals surface area contributed by atoms with Crippen molar-refractivity contribution >= 4 is 11.8 Å². The number of amides is 2. The third-order valence-electron chi connectivity index (χ3n) is 3.85. The van der Waals surface area contributed by atoms with Gasteiger partial charge in [0.2, 0.25) is 6.04 Å². The SMILES string of the molecule is C[C@@H]1CN(C(=O)[C@@H](NC(=O)C(F)(F)F)C(F)(F)F)CC1(C)C. The molecule has 0 saturated carbocycles. The molecule has 4 nitrogen and oxygen atoms in total. The average molecular weight is 334 g/mol. The molecule has 1 saturated heterocycles. The molecular formula is C12H16F6N2O2. The zero-order chi connectivity index (χ0) is 17.5. The minimum Gasteiger partial charge on any atom is -0.340 e. The average Bonchev–Trinajstić information content (AvgIpc) is 2.57. The Kier molecular flexibility index (Phi) is 4.74. The molecule has 1 fully saturated rings. The Balaban J connectivity index is 2.95. The van der Waals surface area contributed by atoms with Gasteiger partial charge in [0.15, 0.2) is 0 Å². The highest BCUT2D eigenvalue weighted by Gasteiger charge is 2.53. The van der Waals surface area contributed by atoms with Gasteiger partial charge in [-0.25, -0.2) is 0 Å². The molecule has 1 rings (SSSR count). The van der Waals surface area contributed by atoms with Crippen molar-refractivity contribution in [1.29, 1.82) is 0 Å². The standard InChI is InChI=1S/C12H16F6N2O2/c1-6-4-20(5-10(6,2)3)8(21)7(11(13,14)15)19-9(22)12(16,17)18/h6-7H,4-5H2,1-3H3,(H,19,22)/t6-,7-/m1/s1. The molecule has 1 N–H and O–H groups in total. The van der Waals surface area contributed by atoms with Crippen LogP contribution in [0.2, 0.25) is 0 Å². The fourth-order valence-corrected chi connectivity index (χ4v) is 2.14. The molecule has 0 aromatic carbocycles. The molecule has 0 radical (unpaired) electrons. The third kappa shape index (κ3) is 4.04. The van der Waals surface area contributed by atoms with Crippen molar-refractivity contribution in [3.8, 4) is 0 Å². The summed E-state index contributed by atoms with van der Waals surface area (Å²) in [7, 11) is 0. The summed E-state index contributed by atoms with van der Waals surface area (Å²) in [5.74, 6) is -4.50. The highest BCUT2D eigenvalue weighted by atomic mass is 19.4. The molecular weight excluding hydrogens is 318 g/mol. The number of likely N-dealkylation sites (tertiary alicyclic amines) is 1. The van der Waals surface area contributed by atoms with E-state index in [1.807, 2.05) is 0 Å². The molecule has 0 aliphatic carbocycles. The van der Waals surface area contributed by atoms with Gasteiger partial charge in [-0.1, -0.05) is 20.8 Å². The van der Waals surface area contributed by atoms with Gasteiger partial charge >= 0.3 is 18.3 Å². The molecule has 2 atom stereocenters. The van der Waals surface area contributed by atoms with Crippen LogP contribution in [0.25, 0.3) is 0 Å². The molecule has 0 spiro atoms. The van der Waals surface area contributed by atoms with Crippen LogP contribution in [-0.4, -0.2) is 48.2 Å². The molecule has 1 heterocycles. The van der Waals surface area contributed by atoms with Crippen LogP contribution in [0.3, 0.4) is 0 Å². The summed E-state index contributed by atoms with van der Waals surface area (Å²) < 4.78 is 74.9. The van der Waals surface area contributed by atoms with Gasteiger partial charge in [-0.05, 0) is 11.3 Å². The van der Waals surface area contributed by atoms with Gasteiger partial charge < -0.3 is 10.2 Å². The van der Waals surface area contributed by atoms with E-state index in [-0.39, 0.29) is 19.0 Å². The zero-order valence-corrected chi connectivity index (χ0v) is 12.1. The van der Waals surface area contributed by atoms with Crippen LogP contribution in [0.5, 0.6) is 0 Å². The Morgan fingerprint density at radius 2 is 1.68 bits per heavy atom. The lowest BCUT2D eigenvalue weighted by Gasteiger charge is -2.27. The normalized spacial score (nSPS) is 23.3. The topological polar surface area (TPSA) is 49.4 Å². The Morgan fingerprint density at radius 3 is 2.00 bits per heavy atom. The maximum absolute atomic E-state index is 12.8. The molecule has 0 bridgehead atoms. The Bertz CT molecular complexity index is 458. The van der Waals surface area contributed by atoms with Crippen LogP contribution < -0.4 is 5.32 Å². The molecule has 1 aliphatic heterocycles. The van der Waals surface area contributed by atoms with E-state index >= 15 is 0 Å². The van der Waals surface area contributed by atoms with Crippen molar-refractivity contribution < 1.29 is 35.9 Å². The largest absolute Gasteiger partial charge is 0.471 e. The smallest absolute Gasteiger partial charge is 0.340 e. The highest BCUT2D eigenvalue weighted by molar-refractivity contribution is 5.90. The molecule has 22 heavy (non-hydrogen) atoms. The minimum atomic E-state index is -5.50. The minimum absolute atomic E-state index is 0.0136. The lowest BCUT2D eigenvalue weighted by Crippen LogP contribution is -2.58. The summed E-state index contributed by atoms with van der Waals surface area (Å²) in [6.45, 7) is 5.16. The monoisotopic (exact) mass is 334 g/mol. The maximum Gasteiger partial charge on any atom is 0.471 e. The summed E-state index contributed by atoms with van der Waals surface area (Å²) >= 11 is 0. The van der Waals surface area contributed by atoms with Crippen molar-refractivity contribution in [2.24, 2.45) is 11.3 Å². The van der Waals surface area contributed by atoms with Crippen molar-refractivity contribution in [3.05, 3.63) is 0 Å². The fraction of sp³-hybridized carbons (Fsp3) is 0.833. The van der Waals surface area contributed by atoms with E-state index in [4.69, 9.17) is 0 Å². The molecule has 0 unspecified atom stereocenters. The van der Waals surface area contributed by atoms with Gasteiger partial charge in [-0.15, -0.1) is 0 Å². The van der Waals surface area contributed by atoms with Gasteiger partial charge in [0, 0.05) is 13.1 Å². The number of nitrogens with zero attached hydrogens (tertiary/aromatic N) is 1. The van der Waals surface area contributed by atoms with Crippen molar-refractivity contribution in [2.45, 2.75) is 39.2 Å². The predicted molar refractivity (Wildman–Crippen MR) is 63.6 cm³/mol. The Hall–Kier alpha value is -1.48. The van der Waals surface area contributed by atoms with Crippen molar-refractivity contribution in [3.63, 3.8) is 0 Å². The summed E-state index contributed by atoms with van der Waals surface area (Å²) in [4.78, 5) is 23.5. The van der Waals surface area contributed by atoms with E-state index in [9.17, 15) is 35.9 Å². The van der Waals surface area contributed by atoms with Crippen LogP contribution in [0.1, 0.15) is 20.8 Å². The first-order valence-electron chi connectivity index (χ1n) is 6.39. The van der Waals surface area contributed by atoms with E-state index < -0.39 is 35.6 Å². The van der Waals surface area contributed by atoms with Crippen LogP contribution in [0, 0.1) is 11.3 Å². The summed E-state index contributed by atoms with van der Waals surface area (Å²) in [5, 5.41) is 0.736. The number of hydrogen-bond acceptors (Lipinski definition) is 2. The number of hydrogen-bond donors (Lipinski definition) is 1. The van der Waals surface area contributed by atoms with Gasteiger partial charge in [0.1, 0.15) is 0 Å². The van der Waals surface area contributed by atoms with Gasteiger partial charge in [0.25, 0.3) is 5.91 Å². The van der Waals surface area contributed by atoms with Gasteiger partial charge in [-0.3, -0.25) is 9.59 Å². The van der Waals surface area contributed by atoms with Crippen LogP contribution in [0.15, 0.2) is 0 Å². The fourth-order valence-electron chi connectivity index (χ4n) is 2.14. The number of nitrogens with one attached hydrogen (secondary N) is 1. The van der Waals surface area contributed by atoms with Gasteiger partial charge in [0.05, 0.1) is 0 Å². The first-order chi connectivity index (χ1) is 9.66.